The van der Waals surface area contributed by atoms with E-state index in [0.717, 1.165) is 18.4 Å². The summed E-state index contributed by atoms with van der Waals surface area (Å²) in [7, 11) is -2.56. The molecule has 1 N–H and O–H groups in total. The van der Waals surface area contributed by atoms with Gasteiger partial charge in [-0.1, -0.05) is 31.0 Å². The SMILES string of the molecule is CCCCOC(=O)c1ccc(OC)c(S(=O)(=O)Nc2ccc(C)cc2)c1. The van der Waals surface area contributed by atoms with Crippen LogP contribution >= 0.6 is 0 Å². The third kappa shape index (κ3) is 4.98. The van der Waals surface area contributed by atoms with Crippen molar-refractivity contribution in [1.82, 2.24) is 0 Å². The molecule has 0 aromatic heterocycles. The lowest BCUT2D eigenvalue weighted by Crippen LogP contribution is -2.15. The molecular formula is C19H23NO5S. The fraction of sp³-hybridized carbons (Fsp3) is 0.316. The molecule has 0 unspecified atom stereocenters. The number of nitrogens with one attached hydrogen (secondary N) is 1. The molecule has 0 heterocycles. The maximum atomic E-state index is 12.8. The van der Waals surface area contributed by atoms with E-state index in [9.17, 15) is 13.2 Å². The molecule has 26 heavy (non-hydrogen) atoms. The van der Waals surface area contributed by atoms with Crippen molar-refractivity contribution in [3.63, 3.8) is 0 Å². The number of rotatable bonds is 8. The molecule has 2 aromatic carbocycles. The summed E-state index contributed by atoms with van der Waals surface area (Å²) in [4.78, 5) is 12.0. The molecule has 0 radical (unpaired) electrons. The van der Waals surface area contributed by atoms with Crippen molar-refractivity contribution < 1.29 is 22.7 Å². The van der Waals surface area contributed by atoms with Crippen LogP contribution < -0.4 is 9.46 Å². The van der Waals surface area contributed by atoms with Crippen molar-refractivity contribution >= 4 is 21.7 Å². The number of unbranched alkanes of at least 4 members (excludes halogenated alkanes) is 1. The van der Waals surface area contributed by atoms with E-state index < -0.39 is 16.0 Å². The van der Waals surface area contributed by atoms with Gasteiger partial charge in [-0.25, -0.2) is 13.2 Å². The van der Waals surface area contributed by atoms with Gasteiger partial charge in [-0.2, -0.15) is 0 Å². The molecule has 140 valence electrons. The second kappa shape index (κ2) is 8.71. The Bertz CT molecular complexity index is 860. The fourth-order valence-electron chi connectivity index (χ4n) is 2.24. The van der Waals surface area contributed by atoms with Crippen LogP contribution in [-0.2, 0) is 14.8 Å². The zero-order valence-electron chi connectivity index (χ0n) is 15.1. The van der Waals surface area contributed by atoms with Crippen LogP contribution in [-0.4, -0.2) is 28.1 Å². The summed E-state index contributed by atoms with van der Waals surface area (Å²) < 4.78 is 38.3. The van der Waals surface area contributed by atoms with Crippen molar-refractivity contribution in [2.24, 2.45) is 0 Å². The highest BCUT2D eigenvalue weighted by atomic mass is 32.2. The van der Waals surface area contributed by atoms with Crippen LogP contribution in [0.2, 0.25) is 0 Å². The lowest BCUT2D eigenvalue weighted by molar-refractivity contribution is 0.0499. The zero-order valence-corrected chi connectivity index (χ0v) is 15.9. The molecule has 2 aromatic rings. The smallest absolute Gasteiger partial charge is 0.338 e. The van der Waals surface area contributed by atoms with E-state index in [1.165, 1.54) is 25.3 Å². The normalized spacial score (nSPS) is 11.0. The highest BCUT2D eigenvalue weighted by Gasteiger charge is 2.22. The summed E-state index contributed by atoms with van der Waals surface area (Å²) in [5.74, 6) is -0.414. The van der Waals surface area contributed by atoms with Crippen molar-refractivity contribution in [3.05, 3.63) is 53.6 Å². The minimum Gasteiger partial charge on any atom is -0.495 e. The molecule has 6 nitrogen and oxygen atoms in total. The standard InChI is InChI=1S/C19H23NO5S/c1-4-5-12-25-19(21)15-8-11-17(24-3)18(13-15)26(22,23)20-16-9-6-14(2)7-10-16/h6-11,13,20H,4-5,12H2,1-3H3. The molecular weight excluding hydrogens is 354 g/mol. The van der Waals surface area contributed by atoms with E-state index in [0.29, 0.717) is 12.3 Å². The molecule has 0 spiro atoms. The van der Waals surface area contributed by atoms with Crippen LogP contribution in [0.3, 0.4) is 0 Å². The lowest BCUT2D eigenvalue weighted by Gasteiger charge is -2.13. The van der Waals surface area contributed by atoms with E-state index in [2.05, 4.69) is 4.72 Å². The van der Waals surface area contributed by atoms with Gasteiger partial charge >= 0.3 is 5.97 Å². The average Bonchev–Trinajstić information content (AvgIpc) is 2.63. The van der Waals surface area contributed by atoms with Gasteiger partial charge in [0, 0.05) is 5.69 Å². The molecule has 2 rings (SSSR count). The topological polar surface area (TPSA) is 81.7 Å². The summed E-state index contributed by atoms with van der Waals surface area (Å²) in [5, 5.41) is 0. The van der Waals surface area contributed by atoms with E-state index in [4.69, 9.17) is 9.47 Å². The summed E-state index contributed by atoms with van der Waals surface area (Å²) in [5.41, 5.74) is 1.60. The maximum absolute atomic E-state index is 12.8. The van der Waals surface area contributed by atoms with Crippen LogP contribution in [0.4, 0.5) is 5.69 Å². The maximum Gasteiger partial charge on any atom is 0.338 e. The molecule has 7 heteroatoms. The van der Waals surface area contributed by atoms with Crippen molar-refractivity contribution in [2.45, 2.75) is 31.6 Å². The summed E-state index contributed by atoms with van der Waals surface area (Å²) in [6.07, 6.45) is 1.65. The van der Waals surface area contributed by atoms with Crippen LogP contribution in [0.1, 0.15) is 35.7 Å². The molecule has 0 bridgehead atoms. The number of anilines is 1. The number of hydrogen-bond acceptors (Lipinski definition) is 5. The minimum absolute atomic E-state index is 0.120. The van der Waals surface area contributed by atoms with Crippen LogP contribution in [0.25, 0.3) is 0 Å². The predicted octanol–water partition coefficient (Wildman–Crippen LogP) is 3.76. The van der Waals surface area contributed by atoms with Crippen molar-refractivity contribution in [1.29, 1.82) is 0 Å². The second-order valence-electron chi connectivity index (χ2n) is 5.83. The Balaban J connectivity index is 2.31. The Morgan fingerprint density at radius 2 is 1.81 bits per heavy atom. The molecule has 0 atom stereocenters. The molecule has 0 saturated carbocycles. The molecule has 0 aliphatic rings. The summed E-state index contributed by atoms with van der Waals surface area (Å²) >= 11 is 0. The highest BCUT2D eigenvalue weighted by molar-refractivity contribution is 7.92. The predicted molar refractivity (Wildman–Crippen MR) is 100 cm³/mol. The van der Waals surface area contributed by atoms with E-state index >= 15 is 0 Å². The lowest BCUT2D eigenvalue weighted by atomic mass is 10.2. The van der Waals surface area contributed by atoms with Gasteiger partial charge < -0.3 is 9.47 Å². The number of carbonyl (C=O) groups is 1. The van der Waals surface area contributed by atoms with Crippen LogP contribution in [0, 0.1) is 6.92 Å². The highest BCUT2D eigenvalue weighted by Crippen LogP contribution is 2.27. The number of sulfonamides is 1. The number of aryl methyl sites for hydroxylation is 1. The Hall–Kier alpha value is -2.54. The van der Waals surface area contributed by atoms with Gasteiger partial charge in [-0.05, 0) is 43.7 Å². The number of benzene rings is 2. The van der Waals surface area contributed by atoms with Gasteiger partial charge in [-0.3, -0.25) is 4.72 Å². The number of esters is 1. The van der Waals surface area contributed by atoms with Gasteiger partial charge in [0.05, 0.1) is 19.3 Å². The molecule has 0 fully saturated rings. The van der Waals surface area contributed by atoms with E-state index in [-0.39, 0.29) is 16.2 Å². The third-order valence-electron chi connectivity index (χ3n) is 3.72. The third-order valence-corrected chi connectivity index (χ3v) is 5.13. The van der Waals surface area contributed by atoms with E-state index in [1.807, 2.05) is 13.8 Å². The first kappa shape index (κ1) is 19.8. The largest absolute Gasteiger partial charge is 0.495 e. The van der Waals surface area contributed by atoms with Gasteiger partial charge in [0.25, 0.3) is 10.0 Å². The minimum atomic E-state index is -3.93. The first-order chi connectivity index (χ1) is 12.4. The van der Waals surface area contributed by atoms with E-state index in [1.54, 1.807) is 24.3 Å². The van der Waals surface area contributed by atoms with Crippen molar-refractivity contribution in [2.75, 3.05) is 18.4 Å². The Morgan fingerprint density at radius 3 is 2.42 bits per heavy atom. The molecule has 0 amide bonds. The van der Waals surface area contributed by atoms with Crippen molar-refractivity contribution in [3.8, 4) is 5.75 Å². The number of methoxy groups -OCH3 is 1. The Morgan fingerprint density at radius 1 is 1.12 bits per heavy atom. The Labute approximate surface area is 154 Å². The Kier molecular flexibility index (Phi) is 6.63. The summed E-state index contributed by atoms with van der Waals surface area (Å²) in [6, 6.07) is 11.1. The zero-order chi connectivity index (χ0) is 19.2. The van der Waals surface area contributed by atoms with Gasteiger partial charge in [0.15, 0.2) is 0 Å². The first-order valence-electron chi connectivity index (χ1n) is 8.32. The van der Waals surface area contributed by atoms with Gasteiger partial charge in [-0.15, -0.1) is 0 Å². The molecule has 0 aliphatic heterocycles. The van der Waals surface area contributed by atoms with Crippen LogP contribution in [0.15, 0.2) is 47.4 Å². The number of carbonyl (C=O) groups excluding carboxylic acids is 1. The number of hydrogen-bond donors (Lipinski definition) is 1. The van der Waals surface area contributed by atoms with Gasteiger partial charge in [0.2, 0.25) is 0 Å². The monoisotopic (exact) mass is 377 g/mol. The second-order valence-corrected chi connectivity index (χ2v) is 7.48. The fourth-order valence-corrected chi connectivity index (χ4v) is 3.49. The van der Waals surface area contributed by atoms with Gasteiger partial charge in [0.1, 0.15) is 10.6 Å². The average molecular weight is 377 g/mol. The molecule has 0 saturated heterocycles. The summed E-state index contributed by atoms with van der Waals surface area (Å²) in [6.45, 7) is 4.20. The quantitative estimate of drug-likeness (QED) is 0.559. The number of ether oxygens (including phenoxy) is 2. The first-order valence-corrected chi connectivity index (χ1v) is 9.80. The van der Waals surface area contributed by atoms with Crippen LogP contribution in [0.5, 0.6) is 5.75 Å². The molecule has 0 aliphatic carbocycles.